The van der Waals surface area contributed by atoms with Gasteiger partial charge in [-0.25, -0.2) is 14.5 Å². The number of benzene rings is 1. The van der Waals surface area contributed by atoms with E-state index in [9.17, 15) is 4.79 Å². The maximum Gasteiger partial charge on any atom is 0.378 e. The summed E-state index contributed by atoms with van der Waals surface area (Å²) in [6, 6.07) is 5.64. The number of carbonyl (C=O) groups excluding carboxylic acids is 1. The van der Waals surface area contributed by atoms with Gasteiger partial charge >= 0.3 is 5.97 Å². The van der Waals surface area contributed by atoms with E-state index >= 15 is 0 Å². The molecule has 0 atom stereocenters. The number of halogens is 1. The largest absolute Gasteiger partial charge is 0.460 e. The van der Waals surface area contributed by atoms with Crippen LogP contribution in [0.1, 0.15) is 23.1 Å². The van der Waals surface area contributed by atoms with Crippen LogP contribution in [0, 0.1) is 6.92 Å². The highest BCUT2D eigenvalue weighted by molar-refractivity contribution is 6.33. The summed E-state index contributed by atoms with van der Waals surface area (Å²) in [5.41, 5.74) is 1.69. The Bertz CT molecular complexity index is 622. The van der Waals surface area contributed by atoms with Gasteiger partial charge in [0, 0.05) is 12.6 Å². The van der Waals surface area contributed by atoms with E-state index in [1.807, 2.05) is 25.1 Å². The molecule has 100 valence electrons. The predicted molar refractivity (Wildman–Crippen MR) is 72.1 cm³/mol. The standard InChI is InChI=1S/C13H14ClN3O2/c1-4-19-13(18)11-15-12(17(3)16-11)9-7-5-6-8(2)10(9)14/h5-7H,4H2,1-3H3. The van der Waals surface area contributed by atoms with Crippen molar-refractivity contribution >= 4 is 17.6 Å². The molecular weight excluding hydrogens is 266 g/mol. The minimum atomic E-state index is -0.534. The van der Waals surface area contributed by atoms with Crippen molar-refractivity contribution in [3.05, 3.63) is 34.6 Å². The molecule has 0 amide bonds. The second-order valence-electron chi connectivity index (χ2n) is 4.04. The van der Waals surface area contributed by atoms with Gasteiger partial charge in [-0.05, 0) is 25.5 Å². The van der Waals surface area contributed by atoms with Crippen LogP contribution >= 0.6 is 11.6 Å². The van der Waals surface area contributed by atoms with Crippen LogP contribution in [-0.2, 0) is 11.8 Å². The summed E-state index contributed by atoms with van der Waals surface area (Å²) in [6.07, 6.45) is 0. The lowest BCUT2D eigenvalue weighted by Gasteiger charge is -2.04. The van der Waals surface area contributed by atoms with E-state index in [1.54, 1.807) is 14.0 Å². The van der Waals surface area contributed by atoms with Crippen LogP contribution in [-0.4, -0.2) is 27.3 Å². The van der Waals surface area contributed by atoms with Gasteiger partial charge in [0.05, 0.1) is 11.6 Å². The zero-order valence-corrected chi connectivity index (χ0v) is 11.7. The highest BCUT2D eigenvalue weighted by Gasteiger charge is 2.18. The molecular formula is C13H14ClN3O2. The van der Waals surface area contributed by atoms with Crippen LogP contribution in [0.25, 0.3) is 11.4 Å². The fraction of sp³-hybridized carbons (Fsp3) is 0.308. The van der Waals surface area contributed by atoms with Crippen LogP contribution < -0.4 is 0 Å². The Morgan fingerprint density at radius 3 is 2.89 bits per heavy atom. The summed E-state index contributed by atoms with van der Waals surface area (Å²) in [5, 5.41) is 4.65. The first-order chi connectivity index (χ1) is 9.04. The molecule has 1 aromatic heterocycles. The molecule has 0 saturated carbocycles. The third kappa shape index (κ3) is 2.61. The number of hydrogen-bond acceptors (Lipinski definition) is 4. The van der Waals surface area contributed by atoms with Gasteiger partial charge in [0.2, 0.25) is 0 Å². The topological polar surface area (TPSA) is 57.0 Å². The number of rotatable bonds is 3. The fourth-order valence-corrected chi connectivity index (χ4v) is 1.93. The summed E-state index contributed by atoms with van der Waals surface area (Å²) in [7, 11) is 1.71. The number of hydrogen-bond donors (Lipinski definition) is 0. The minimum absolute atomic E-state index is 0.0388. The molecule has 2 aromatic rings. The molecule has 0 unspecified atom stereocenters. The molecule has 0 fully saturated rings. The molecule has 0 N–H and O–H groups in total. The van der Waals surface area contributed by atoms with E-state index in [2.05, 4.69) is 10.1 Å². The maximum atomic E-state index is 11.6. The molecule has 1 aromatic carbocycles. The Balaban J connectivity index is 2.46. The zero-order valence-electron chi connectivity index (χ0n) is 11.0. The number of aryl methyl sites for hydroxylation is 2. The van der Waals surface area contributed by atoms with Crippen molar-refractivity contribution < 1.29 is 9.53 Å². The predicted octanol–water partition coefficient (Wildman–Crippen LogP) is 2.62. The molecule has 19 heavy (non-hydrogen) atoms. The van der Waals surface area contributed by atoms with Crippen molar-refractivity contribution in [2.24, 2.45) is 7.05 Å². The van der Waals surface area contributed by atoms with E-state index in [0.29, 0.717) is 10.8 Å². The Hall–Kier alpha value is -1.88. The van der Waals surface area contributed by atoms with Crippen molar-refractivity contribution in [3.8, 4) is 11.4 Å². The highest BCUT2D eigenvalue weighted by atomic mass is 35.5. The smallest absolute Gasteiger partial charge is 0.378 e. The lowest BCUT2D eigenvalue weighted by molar-refractivity contribution is 0.0512. The Morgan fingerprint density at radius 1 is 1.47 bits per heavy atom. The summed E-state index contributed by atoms with van der Waals surface area (Å²) >= 11 is 6.25. The van der Waals surface area contributed by atoms with Crippen molar-refractivity contribution in [2.45, 2.75) is 13.8 Å². The average Bonchev–Trinajstić information content (AvgIpc) is 2.75. The molecule has 1 heterocycles. The van der Waals surface area contributed by atoms with Crippen molar-refractivity contribution in [3.63, 3.8) is 0 Å². The third-order valence-corrected chi connectivity index (χ3v) is 3.16. The van der Waals surface area contributed by atoms with Gasteiger partial charge in [-0.2, -0.15) is 0 Å². The highest BCUT2D eigenvalue weighted by Crippen LogP contribution is 2.28. The normalized spacial score (nSPS) is 10.5. The van der Waals surface area contributed by atoms with Gasteiger partial charge in [0.1, 0.15) is 0 Å². The molecule has 5 nitrogen and oxygen atoms in total. The minimum Gasteiger partial charge on any atom is -0.460 e. The summed E-state index contributed by atoms with van der Waals surface area (Å²) in [5.74, 6) is 0.0433. The van der Waals surface area contributed by atoms with Crippen LogP contribution in [0.3, 0.4) is 0 Å². The SMILES string of the molecule is CCOC(=O)c1nc(-c2cccc(C)c2Cl)n(C)n1. The molecule has 0 aliphatic heterocycles. The first kappa shape index (κ1) is 13.5. The van der Waals surface area contributed by atoms with Crippen LogP contribution in [0.15, 0.2) is 18.2 Å². The molecule has 0 aliphatic rings. The van der Waals surface area contributed by atoms with Gasteiger partial charge in [0.25, 0.3) is 5.82 Å². The summed E-state index contributed by atoms with van der Waals surface area (Å²) in [4.78, 5) is 15.8. The van der Waals surface area contributed by atoms with Gasteiger partial charge in [0.15, 0.2) is 5.82 Å². The van der Waals surface area contributed by atoms with Crippen LogP contribution in [0.5, 0.6) is 0 Å². The van der Waals surface area contributed by atoms with Crippen molar-refractivity contribution in [1.82, 2.24) is 14.8 Å². The van der Waals surface area contributed by atoms with E-state index in [1.165, 1.54) is 4.68 Å². The summed E-state index contributed by atoms with van der Waals surface area (Å²) in [6.45, 7) is 3.94. The molecule has 0 spiro atoms. The third-order valence-electron chi connectivity index (χ3n) is 2.65. The number of ether oxygens (including phenoxy) is 1. The number of nitrogens with zero attached hydrogens (tertiary/aromatic N) is 3. The van der Waals surface area contributed by atoms with E-state index in [0.717, 1.165) is 11.1 Å². The van der Waals surface area contributed by atoms with E-state index in [4.69, 9.17) is 16.3 Å². The Morgan fingerprint density at radius 2 is 2.21 bits per heavy atom. The monoisotopic (exact) mass is 279 g/mol. The second kappa shape index (κ2) is 5.40. The zero-order chi connectivity index (χ0) is 14.0. The molecule has 0 aliphatic carbocycles. The number of esters is 1. The van der Waals surface area contributed by atoms with Crippen LogP contribution in [0.2, 0.25) is 5.02 Å². The Kier molecular flexibility index (Phi) is 3.85. The van der Waals surface area contributed by atoms with Crippen molar-refractivity contribution in [1.29, 1.82) is 0 Å². The van der Waals surface area contributed by atoms with E-state index in [-0.39, 0.29) is 12.4 Å². The van der Waals surface area contributed by atoms with Gasteiger partial charge in [-0.15, -0.1) is 5.10 Å². The second-order valence-corrected chi connectivity index (χ2v) is 4.42. The molecule has 0 saturated heterocycles. The van der Waals surface area contributed by atoms with Crippen LogP contribution in [0.4, 0.5) is 0 Å². The maximum absolute atomic E-state index is 11.6. The Labute approximate surface area is 116 Å². The quantitative estimate of drug-likeness (QED) is 0.811. The lowest BCUT2D eigenvalue weighted by atomic mass is 10.1. The fourth-order valence-electron chi connectivity index (χ4n) is 1.72. The number of carbonyl (C=O) groups is 1. The van der Waals surface area contributed by atoms with Crippen molar-refractivity contribution in [2.75, 3.05) is 6.61 Å². The van der Waals surface area contributed by atoms with Gasteiger partial charge in [-0.3, -0.25) is 0 Å². The van der Waals surface area contributed by atoms with Gasteiger partial charge < -0.3 is 4.74 Å². The lowest BCUT2D eigenvalue weighted by Crippen LogP contribution is -2.07. The average molecular weight is 280 g/mol. The first-order valence-electron chi connectivity index (χ1n) is 5.88. The molecule has 6 heteroatoms. The van der Waals surface area contributed by atoms with E-state index < -0.39 is 5.97 Å². The molecule has 0 radical (unpaired) electrons. The molecule has 2 rings (SSSR count). The first-order valence-corrected chi connectivity index (χ1v) is 6.26. The molecule has 0 bridgehead atoms. The van der Waals surface area contributed by atoms with Gasteiger partial charge in [-0.1, -0.05) is 23.7 Å². The summed E-state index contributed by atoms with van der Waals surface area (Å²) < 4.78 is 6.40. The number of aromatic nitrogens is 3.